The summed E-state index contributed by atoms with van der Waals surface area (Å²) in [6.07, 6.45) is 1.90. The van der Waals surface area contributed by atoms with Crippen LogP contribution in [-0.4, -0.2) is 25.5 Å². The van der Waals surface area contributed by atoms with Crippen molar-refractivity contribution < 1.29 is 14.6 Å². The van der Waals surface area contributed by atoms with Gasteiger partial charge in [0.2, 0.25) is 5.75 Å². The third-order valence-corrected chi connectivity index (χ3v) is 3.98. The highest BCUT2D eigenvalue weighted by Gasteiger charge is 2.34. The van der Waals surface area contributed by atoms with Crippen molar-refractivity contribution in [3.05, 3.63) is 47.5 Å². The number of aromatic hydroxyl groups is 1. The molecule has 2 aromatic rings. The number of ether oxygens (including phenoxy) is 2. The summed E-state index contributed by atoms with van der Waals surface area (Å²) in [5.41, 5.74) is 2.57. The highest BCUT2D eigenvalue weighted by Crippen LogP contribution is 2.46. The molecule has 0 radical (unpaired) electrons. The summed E-state index contributed by atoms with van der Waals surface area (Å²) < 4.78 is 10.5. The second-order valence-corrected chi connectivity index (χ2v) is 5.21. The molecule has 1 aliphatic heterocycles. The van der Waals surface area contributed by atoms with Gasteiger partial charge >= 0.3 is 0 Å². The average Bonchev–Trinajstić information content (AvgIpc) is 2.85. The van der Waals surface area contributed by atoms with E-state index in [1.807, 2.05) is 30.5 Å². The predicted molar refractivity (Wildman–Crippen MR) is 82.3 cm³/mol. The van der Waals surface area contributed by atoms with Crippen molar-refractivity contribution >= 4 is 11.9 Å². The summed E-state index contributed by atoms with van der Waals surface area (Å²) >= 11 is 0. The molecule has 0 aromatic heterocycles. The van der Waals surface area contributed by atoms with Gasteiger partial charge in [-0.2, -0.15) is 0 Å². The first-order chi connectivity index (χ1) is 10.1. The first-order valence-corrected chi connectivity index (χ1v) is 6.70. The molecule has 0 spiro atoms. The lowest BCUT2D eigenvalue weighted by molar-refractivity contribution is 0.332. The predicted octanol–water partition coefficient (Wildman–Crippen LogP) is 3.43. The van der Waals surface area contributed by atoms with Crippen LogP contribution in [0.2, 0.25) is 0 Å². The molecule has 1 heterocycles. The number of methoxy groups -OCH3 is 2. The molecule has 1 atom stereocenters. The molecule has 1 aliphatic rings. The Morgan fingerprint density at radius 1 is 1.10 bits per heavy atom. The van der Waals surface area contributed by atoms with E-state index in [0.29, 0.717) is 11.5 Å². The van der Waals surface area contributed by atoms with Crippen LogP contribution >= 0.6 is 0 Å². The smallest absolute Gasteiger partial charge is 0.203 e. The Morgan fingerprint density at radius 2 is 1.86 bits per heavy atom. The molecule has 0 amide bonds. The number of aliphatic imine (C=N–C) groups is 1. The number of phenolic OH excluding ortho intramolecular Hbond substituents is 1. The number of rotatable bonds is 3. The van der Waals surface area contributed by atoms with Crippen molar-refractivity contribution in [3.8, 4) is 17.2 Å². The lowest BCUT2D eigenvalue weighted by Crippen LogP contribution is -2.22. The Bertz CT molecular complexity index is 724. The van der Waals surface area contributed by atoms with E-state index in [0.717, 1.165) is 16.8 Å². The Balaban J connectivity index is 2.18. The van der Waals surface area contributed by atoms with Crippen molar-refractivity contribution in [2.24, 2.45) is 4.99 Å². The number of para-hydroxylation sites is 1. The first kappa shape index (κ1) is 13.5. The standard InChI is InChI=1S/C17H17NO3/c1-17(10-18-13-7-5-4-6-12(13)17)11-8-14(19)16(21-3)15(9-11)20-2/h4-10,19H,1-3H3. The first-order valence-electron chi connectivity index (χ1n) is 6.70. The van der Waals surface area contributed by atoms with Crippen molar-refractivity contribution in [3.63, 3.8) is 0 Å². The fraction of sp³-hybridized carbons (Fsp3) is 0.235. The molecule has 0 fully saturated rings. The molecule has 2 aromatic carbocycles. The van der Waals surface area contributed by atoms with Gasteiger partial charge in [-0.15, -0.1) is 0 Å². The molecular weight excluding hydrogens is 266 g/mol. The summed E-state index contributed by atoms with van der Waals surface area (Å²) in [6.45, 7) is 2.07. The van der Waals surface area contributed by atoms with E-state index in [4.69, 9.17) is 9.47 Å². The van der Waals surface area contributed by atoms with Gasteiger partial charge in [-0.3, -0.25) is 4.99 Å². The molecule has 0 saturated carbocycles. The summed E-state index contributed by atoms with van der Waals surface area (Å²) in [5.74, 6) is 0.908. The molecule has 0 aliphatic carbocycles. The van der Waals surface area contributed by atoms with E-state index in [2.05, 4.69) is 18.0 Å². The number of fused-ring (bicyclic) bond motifs is 1. The van der Waals surface area contributed by atoms with E-state index in [-0.39, 0.29) is 5.75 Å². The van der Waals surface area contributed by atoms with Crippen LogP contribution in [0, 0.1) is 0 Å². The largest absolute Gasteiger partial charge is 0.504 e. The minimum absolute atomic E-state index is 0.0610. The van der Waals surface area contributed by atoms with E-state index < -0.39 is 5.41 Å². The van der Waals surface area contributed by atoms with Crippen LogP contribution in [0.1, 0.15) is 18.1 Å². The zero-order valence-corrected chi connectivity index (χ0v) is 12.3. The van der Waals surface area contributed by atoms with Crippen LogP contribution in [0.25, 0.3) is 0 Å². The van der Waals surface area contributed by atoms with Crippen molar-refractivity contribution in [2.45, 2.75) is 12.3 Å². The van der Waals surface area contributed by atoms with Crippen LogP contribution in [0.5, 0.6) is 17.2 Å². The fourth-order valence-electron chi connectivity index (χ4n) is 2.77. The van der Waals surface area contributed by atoms with Gasteiger partial charge in [0.05, 0.1) is 25.3 Å². The van der Waals surface area contributed by atoms with Crippen LogP contribution in [0.4, 0.5) is 5.69 Å². The minimum Gasteiger partial charge on any atom is -0.504 e. The van der Waals surface area contributed by atoms with E-state index in [1.165, 1.54) is 7.11 Å². The Labute approximate surface area is 123 Å². The summed E-state index contributed by atoms with van der Waals surface area (Å²) in [6, 6.07) is 11.6. The topological polar surface area (TPSA) is 51.0 Å². The van der Waals surface area contributed by atoms with Crippen LogP contribution in [0.3, 0.4) is 0 Å². The maximum Gasteiger partial charge on any atom is 0.203 e. The van der Waals surface area contributed by atoms with E-state index >= 15 is 0 Å². The van der Waals surface area contributed by atoms with Crippen molar-refractivity contribution in [1.82, 2.24) is 0 Å². The van der Waals surface area contributed by atoms with Gasteiger partial charge in [0.25, 0.3) is 0 Å². The van der Waals surface area contributed by atoms with Crippen molar-refractivity contribution in [1.29, 1.82) is 0 Å². The van der Waals surface area contributed by atoms with Gasteiger partial charge in [-0.25, -0.2) is 0 Å². The highest BCUT2D eigenvalue weighted by atomic mass is 16.5. The molecular formula is C17H17NO3. The SMILES string of the molecule is COc1cc(C2(C)C=Nc3ccccc32)cc(O)c1OC. The molecule has 4 heteroatoms. The second kappa shape index (κ2) is 4.81. The third kappa shape index (κ3) is 1.95. The third-order valence-electron chi connectivity index (χ3n) is 3.98. The molecule has 21 heavy (non-hydrogen) atoms. The fourth-order valence-corrected chi connectivity index (χ4v) is 2.77. The zero-order valence-electron chi connectivity index (χ0n) is 12.3. The molecule has 0 saturated heterocycles. The van der Waals surface area contributed by atoms with Gasteiger partial charge in [-0.05, 0) is 36.2 Å². The van der Waals surface area contributed by atoms with Gasteiger partial charge < -0.3 is 14.6 Å². The average molecular weight is 283 g/mol. The van der Waals surface area contributed by atoms with Crippen LogP contribution in [-0.2, 0) is 5.41 Å². The van der Waals surface area contributed by atoms with E-state index in [1.54, 1.807) is 13.2 Å². The van der Waals surface area contributed by atoms with E-state index in [9.17, 15) is 5.11 Å². The van der Waals surface area contributed by atoms with Gasteiger partial charge in [-0.1, -0.05) is 18.2 Å². The van der Waals surface area contributed by atoms with Crippen LogP contribution in [0.15, 0.2) is 41.4 Å². The number of nitrogens with zero attached hydrogens (tertiary/aromatic N) is 1. The van der Waals surface area contributed by atoms with Crippen molar-refractivity contribution in [2.75, 3.05) is 14.2 Å². The molecule has 1 unspecified atom stereocenters. The summed E-state index contributed by atoms with van der Waals surface area (Å²) in [7, 11) is 3.06. The number of phenols is 1. The quantitative estimate of drug-likeness (QED) is 0.939. The zero-order chi connectivity index (χ0) is 15.0. The van der Waals surface area contributed by atoms with Crippen LogP contribution < -0.4 is 9.47 Å². The maximum absolute atomic E-state index is 10.2. The molecule has 1 N–H and O–H groups in total. The summed E-state index contributed by atoms with van der Waals surface area (Å²) in [5, 5.41) is 10.2. The Kier molecular flexibility index (Phi) is 3.09. The lowest BCUT2D eigenvalue weighted by atomic mass is 9.78. The lowest BCUT2D eigenvalue weighted by Gasteiger charge is -2.24. The normalized spacial score (nSPS) is 19.4. The summed E-state index contributed by atoms with van der Waals surface area (Å²) in [4.78, 5) is 4.48. The Morgan fingerprint density at radius 3 is 2.57 bits per heavy atom. The number of benzene rings is 2. The highest BCUT2D eigenvalue weighted by molar-refractivity contribution is 5.89. The second-order valence-electron chi connectivity index (χ2n) is 5.21. The molecule has 0 bridgehead atoms. The maximum atomic E-state index is 10.2. The number of hydrogen-bond donors (Lipinski definition) is 1. The molecule has 108 valence electrons. The monoisotopic (exact) mass is 283 g/mol. The molecule has 3 rings (SSSR count). The van der Waals surface area contributed by atoms with Gasteiger partial charge in [0, 0.05) is 6.21 Å². The van der Waals surface area contributed by atoms with Gasteiger partial charge in [0.15, 0.2) is 11.5 Å². The minimum atomic E-state index is -0.395. The van der Waals surface area contributed by atoms with Gasteiger partial charge in [0.1, 0.15) is 0 Å². The number of hydrogen-bond acceptors (Lipinski definition) is 4. The molecule has 4 nitrogen and oxygen atoms in total. The Hall–Kier alpha value is -2.49.